The van der Waals surface area contributed by atoms with Crippen LogP contribution in [0.2, 0.25) is 0 Å². The number of alkyl halides is 3. The van der Waals surface area contributed by atoms with Crippen molar-refractivity contribution in [2.75, 3.05) is 13.7 Å². The molecule has 0 N–H and O–H groups in total. The smallest absolute Gasteiger partial charge is 0.416 e. The summed E-state index contributed by atoms with van der Waals surface area (Å²) in [4.78, 5) is 14.1. The van der Waals surface area contributed by atoms with Crippen LogP contribution in [0.3, 0.4) is 0 Å². The molecule has 27 heavy (non-hydrogen) atoms. The maximum absolute atomic E-state index is 12.8. The Morgan fingerprint density at radius 2 is 1.70 bits per heavy atom. The van der Waals surface area contributed by atoms with Crippen molar-refractivity contribution in [2.24, 2.45) is 0 Å². The van der Waals surface area contributed by atoms with Crippen LogP contribution in [0, 0.1) is 0 Å². The zero-order valence-corrected chi connectivity index (χ0v) is 14.8. The molecule has 1 amide bonds. The fourth-order valence-electron chi connectivity index (χ4n) is 3.01. The van der Waals surface area contributed by atoms with E-state index in [2.05, 4.69) is 0 Å². The number of ether oxygens (including phenoxy) is 2. The highest BCUT2D eigenvalue weighted by Crippen LogP contribution is 2.36. The molecule has 142 valence electrons. The van der Waals surface area contributed by atoms with Gasteiger partial charge >= 0.3 is 12.1 Å². The van der Waals surface area contributed by atoms with Crippen LogP contribution >= 0.6 is 0 Å². The van der Waals surface area contributed by atoms with Gasteiger partial charge in [0.2, 0.25) is 0 Å². The van der Waals surface area contributed by atoms with Crippen LogP contribution in [0.15, 0.2) is 60.5 Å². The molecule has 2 aromatic carbocycles. The van der Waals surface area contributed by atoms with Gasteiger partial charge in [0.25, 0.3) is 5.91 Å². The summed E-state index contributed by atoms with van der Waals surface area (Å²) in [5.41, 5.74) is 0.994. The number of rotatable bonds is 4. The monoisotopic (exact) mass is 377 g/mol. The van der Waals surface area contributed by atoms with Gasteiger partial charge in [-0.25, -0.2) is 0 Å². The first-order valence-electron chi connectivity index (χ1n) is 8.28. The van der Waals surface area contributed by atoms with Gasteiger partial charge in [-0.1, -0.05) is 42.5 Å². The fourth-order valence-corrected chi connectivity index (χ4v) is 3.01. The Hall–Kier alpha value is -2.96. The molecule has 0 radical (unpaired) electrons. The molecule has 0 saturated carbocycles. The molecule has 0 aliphatic carbocycles. The van der Waals surface area contributed by atoms with E-state index in [-0.39, 0.29) is 18.5 Å². The first-order valence-corrected chi connectivity index (χ1v) is 8.28. The molecule has 2 aromatic rings. The molecule has 7 heteroatoms. The van der Waals surface area contributed by atoms with Gasteiger partial charge in [0.05, 0.1) is 18.7 Å². The van der Waals surface area contributed by atoms with Crippen LogP contribution in [0.25, 0.3) is 5.70 Å². The molecule has 0 aromatic heterocycles. The van der Waals surface area contributed by atoms with Crippen molar-refractivity contribution in [1.82, 2.24) is 4.90 Å². The maximum atomic E-state index is 12.8. The largest absolute Gasteiger partial charge is 0.467 e. The third-order valence-electron chi connectivity index (χ3n) is 4.37. The number of amides is 1. The van der Waals surface area contributed by atoms with Crippen LogP contribution < -0.4 is 0 Å². The summed E-state index contributed by atoms with van der Waals surface area (Å²) in [5, 5.41) is 0. The van der Waals surface area contributed by atoms with Crippen molar-refractivity contribution in [3.63, 3.8) is 0 Å². The van der Waals surface area contributed by atoms with E-state index in [1.54, 1.807) is 6.92 Å². The van der Waals surface area contributed by atoms with Crippen molar-refractivity contribution in [3.05, 3.63) is 77.2 Å². The topological polar surface area (TPSA) is 38.8 Å². The highest BCUT2D eigenvalue weighted by molar-refractivity contribution is 5.90. The molecule has 1 aliphatic heterocycles. The molecule has 1 aliphatic rings. The summed E-state index contributed by atoms with van der Waals surface area (Å²) in [6, 6.07) is 13.4. The van der Waals surface area contributed by atoms with E-state index >= 15 is 0 Å². The predicted octanol–water partition coefficient (Wildman–Crippen LogP) is 4.60. The van der Waals surface area contributed by atoms with E-state index in [1.807, 2.05) is 30.3 Å². The minimum Gasteiger partial charge on any atom is -0.467 e. The number of nitrogens with zero attached hydrogens (tertiary/aromatic N) is 1. The van der Waals surface area contributed by atoms with E-state index in [9.17, 15) is 18.0 Å². The molecule has 0 bridgehead atoms. The minimum absolute atomic E-state index is 0.194. The Morgan fingerprint density at radius 1 is 1.07 bits per heavy atom. The number of hydrogen-bond donors (Lipinski definition) is 0. The maximum Gasteiger partial charge on any atom is 0.416 e. The van der Waals surface area contributed by atoms with Gasteiger partial charge in [-0.05, 0) is 24.6 Å². The van der Waals surface area contributed by atoms with Crippen molar-refractivity contribution >= 4 is 11.6 Å². The minimum atomic E-state index is -4.41. The molecule has 3 rings (SSSR count). The highest BCUT2D eigenvalue weighted by atomic mass is 19.4. The lowest BCUT2D eigenvalue weighted by molar-refractivity contribution is -0.139. The number of hydrogen-bond acceptors (Lipinski definition) is 3. The average Bonchev–Trinajstić information content (AvgIpc) is 2.67. The summed E-state index contributed by atoms with van der Waals surface area (Å²) in [5.74, 6) is -0.110. The number of carbonyl (C=O) groups excluding carboxylic acids is 1. The lowest BCUT2D eigenvalue weighted by Crippen LogP contribution is -2.39. The summed E-state index contributed by atoms with van der Waals surface area (Å²) in [7, 11) is 1.44. The third-order valence-corrected chi connectivity index (χ3v) is 4.37. The van der Waals surface area contributed by atoms with Crippen molar-refractivity contribution in [3.8, 4) is 0 Å². The average molecular weight is 377 g/mol. The summed E-state index contributed by atoms with van der Waals surface area (Å²) < 4.78 is 49.1. The first-order chi connectivity index (χ1) is 12.8. The molecule has 1 heterocycles. The molecule has 1 atom stereocenters. The Balaban J connectivity index is 2.02. The fraction of sp³-hybridized carbons (Fsp3) is 0.250. The van der Waals surface area contributed by atoms with Gasteiger partial charge in [0.15, 0.2) is 6.61 Å². The van der Waals surface area contributed by atoms with Crippen LogP contribution in [0.5, 0.6) is 0 Å². The number of halogens is 3. The van der Waals surface area contributed by atoms with Crippen LogP contribution in [0.4, 0.5) is 13.2 Å². The Kier molecular flexibility index (Phi) is 5.12. The lowest BCUT2D eigenvalue weighted by atomic mass is 10.0. The normalized spacial score (nSPS) is 16.2. The quantitative estimate of drug-likeness (QED) is 0.782. The van der Waals surface area contributed by atoms with Gasteiger partial charge in [-0.3, -0.25) is 9.69 Å². The predicted molar refractivity (Wildman–Crippen MR) is 93.0 cm³/mol. The van der Waals surface area contributed by atoms with E-state index in [0.29, 0.717) is 16.8 Å². The number of carbonyl (C=O) groups is 1. The van der Waals surface area contributed by atoms with Gasteiger partial charge in [0, 0.05) is 5.56 Å². The van der Waals surface area contributed by atoms with Crippen molar-refractivity contribution in [1.29, 1.82) is 0 Å². The van der Waals surface area contributed by atoms with Crippen LogP contribution in [-0.4, -0.2) is 24.5 Å². The number of benzene rings is 2. The molecular formula is C20H18F3NO3. The Morgan fingerprint density at radius 3 is 2.26 bits per heavy atom. The van der Waals surface area contributed by atoms with Crippen LogP contribution in [-0.2, 0) is 20.4 Å². The van der Waals surface area contributed by atoms with Gasteiger partial charge < -0.3 is 9.47 Å². The number of methoxy groups -OCH3 is 1. The molecular weight excluding hydrogens is 359 g/mol. The summed E-state index contributed by atoms with van der Waals surface area (Å²) >= 11 is 0. The second kappa shape index (κ2) is 7.34. The van der Waals surface area contributed by atoms with E-state index in [0.717, 1.165) is 12.1 Å². The van der Waals surface area contributed by atoms with Crippen molar-refractivity contribution < 1.29 is 27.4 Å². The zero-order valence-electron chi connectivity index (χ0n) is 14.8. The van der Waals surface area contributed by atoms with Gasteiger partial charge in [0.1, 0.15) is 5.70 Å². The van der Waals surface area contributed by atoms with Crippen molar-refractivity contribution in [2.45, 2.75) is 19.1 Å². The van der Waals surface area contributed by atoms with Crippen LogP contribution in [0.1, 0.15) is 29.7 Å². The third kappa shape index (κ3) is 3.77. The molecule has 0 saturated heterocycles. The molecule has 0 unspecified atom stereocenters. The molecule has 0 fully saturated rings. The zero-order chi connectivity index (χ0) is 19.6. The Bertz CT molecular complexity index is 845. The standard InChI is InChI=1S/C20H18F3NO3/c1-13(14-8-10-16(11-9-14)20(21,22)23)24-17(25)12-27-19(26-2)18(24)15-6-4-3-5-7-15/h3-11,13H,12H2,1-2H3/t13-/m0/s1. The highest BCUT2D eigenvalue weighted by Gasteiger charge is 2.35. The molecule has 0 spiro atoms. The van der Waals surface area contributed by atoms with E-state index in [1.165, 1.54) is 24.1 Å². The van der Waals surface area contributed by atoms with E-state index < -0.39 is 17.8 Å². The van der Waals surface area contributed by atoms with Gasteiger partial charge in [-0.2, -0.15) is 13.2 Å². The van der Waals surface area contributed by atoms with Gasteiger partial charge in [-0.15, -0.1) is 0 Å². The molecule has 4 nitrogen and oxygen atoms in total. The lowest BCUT2D eigenvalue weighted by Gasteiger charge is -2.35. The SMILES string of the molecule is COC1=C(c2ccccc2)N([C@@H](C)c2ccc(C(F)(F)F)cc2)C(=O)CO1. The second-order valence-corrected chi connectivity index (χ2v) is 6.05. The van der Waals surface area contributed by atoms with E-state index in [4.69, 9.17) is 9.47 Å². The summed E-state index contributed by atoms with van der Waals surface area (Å²) in [6.07, 6.45) is -4.41. The Labute approximate surface area is 154 Å². The summed E-state index contributed by atoms with van der Waals surface area (Å²) in [6.45, 7) is 1.55. The second-order valence-electron chi connectivity index (χ2n) is 6.05. The first kappa shape index (κ1) is 18.8.